The number of sulfonamides is 1. The van der Waals surface area contributed by atoms with Crippen molar-refractivity contribution in [2.45, 2.75) is 36.0 Å². The smallest absolute Gasteiger partial charge is 0.207 e. The van der Waals surface area contributed by atoms with Gasteiger partial charge in [0.25, 0.3) is 0 Å². The molecule has 0 fully saturated rings. The summed E-state index contributed by atoms with van der Waals surface area (Å²) >= 11 is 12.6. The zero-order valence-electron chi connectivity index (χ0n) is 10.2. The monoisotopic (exact) mass is 417 g/mol. The molecular formula is C11H14Br2ClNO2S. The zero-order valence-corrected chi connectivity index (χ0v) is 14.9. The standard InChI is InChI=1S/C11H14Br2ClNO2S/c1-7(12)11(2,3)15-18(16,17)10-5-4-8(13)6-9(10)14/h4-7,15H,1-3H3. The van der Waals surface area contributed by atoms with Gasteiger partial charge in [0.15, 0.2) is 0 Å². The highest BCUT2D eigenvalue weighted by atomic mass is 79.9. The van der Waals surface area contributed by atoms with Crippen LogP contribution in [0.1, 0.15) is 20.8 Å². The molecule has 0 saturated carbocycles. The Balaban J connectivity index is 3.15. The minimum Gasteiger partial charge on any atom is -0.207 e. The molecule has 18 heavy (non-hydrogen) atoms. The maximum absolute atomic E-state index is 12.3. The van der Waals surface area contributed by atoms with Crippen molar-refractivity contribution in [3.8, 4) is 0 Å². The van der Waals surface area contributed by atoms with E-state index in [0.717, 1.165) is 4.47 Å². The molecule has 1 N–H and O–H groups in total. The molecule has 1 aromatic rings. The van der Waals surface area contributed by atoms with E-state index in [1.54, 1.807) is 26.0 Å². The number of alkyl halides is 1. The van der Waals surface area contributed by atoms with Crippen LogP contribution in [0.4, 0.5) is 0 Å². The molecule has 0 aliphatic carbocycles. The Hall–Kier alpha value is 0.380. The third-order valence-electron chi connectivity index (χ3n) is 2.58. The number of hydrogen-bond acceptors (Lipinski definition) is 2. The van der Waals surface area contributed by atoms with Crippen molar-refractivity contribution in [2.75, 3.05) is 0 Å². The second kappa shape index (κ2) is 5.79. The van der Waals surface area contributed by atoms with E-state index in [1.165, 1.54) is 6.07 Å². The highest BCUT2D eigenvalue weighted by Crippen LogP contribution is 2.27. The Labute approximate surface area is 130 Å². The van der Waals surface area contributed by atoms with Crippen LogP contribution < -0.4 is 4.72 Å². The van der Waals surface area contributed by atoms with Gasteiger partial charge in [-0.1, -0.05) is 50.4 Å². The molecule has 1 atom stereocenters. The van der Waals surface area contributed by atoms with Crippen molar-refractivity contribution in [3.63, 3.8) is 0 Å². The largest absolute Gasteiger partial charge is 0.242 e. The first-order valence-corrected chi connectivity index (χ1v) is 8.76. The summed E-state index contributed by atoms with van der Waals surface area (Å²) in [6, 6.07) is 4.68. The van der Waals surface area contributed by atoms with Crippen LogP contribution in [0, 0.1) is 0 Å². The summed E-state index contributed by atoms with van der Waals surface area (Å²) in [5, 5.41) is 0.190. The highest BCUT2D eigenvalue weighted by Gasteiger charge is 2.31. The summed E-state index contributed by atoms with van der Waals surface area (Å²) in [4.78, 5) is 0.0580. The second-order valence-corrected chi connectivity index (χ2v) is 8.87. The fourth-order valence-electron chi connectivity index (χ4n) is 1.18. The molecule has 0 aliphatic heterocycles. The van der Waals surface area contributed by atoms with E-state index in [9.17, 15) is 8.42 Å². The first kappa shape index (κ1) is 16.4. The number of rotatable bonds is 4. The zero-order chi connectivity index (χ0) is 14.1. The number of halogens is 3. The average Bonchev–Trinajstić information content (AvgIpc) is 2.14. The van der Waals surface area contributed by atoms with Crippen molar-refractivity contribution < 1.29 is 8.42 Å². The van der Waals surface area contributed by atoms with Crippen LogP contribution in [0.2, 0.25) is 5.02 Å². The van der Waals surface area contributed by atoms with Crippen LogP contribution in [0.5, 0.6) is 0 Å². The number of hydrogen-bond donors (Lipinski definition) is 1. The second-order valence-electron chi connectivity index (χ2n) is 4.52. The van der Waals surface area contributed by atoms with Crippen LogP contribution in [-0.4, -0.2) is 18.8 Å². The predicted molar refractivity (Wildman–Crippen MR) is 81.9 cm³/mol. The van der Waals surface area contributed by atoms with Crippen molar-refractivity contribution in [1.29, 1.82) is 0 Å². The van der Waals surface area contributed by atoms with E-state index in [0.29, 0.717) is 0 Å². The summed E-state index contributed by atoms with van der Waals surface area (Å²) in [5.74, 6) is 0. The van der Waals surface area contributed by atoms with Crippen molar-refractivity contribution in [3.05, 3.63) is 27.7 Å². The molecule has 0 bridgehead atoms. The van der Waals surface area contributed by atoms with E-state index < -0.39 is 15.6 Å². The van der Waals surface area contributed by atoms with E-state index in [-0.39, 0.29) is 14.7 Å². The van der Waals surface area contributed by atoms with Crippen LogP contribution in [-0.2, 0) is 10.0 Å². The summed E-state index contributed by atoms with van der Waals surface area (Å²) in [6.07, 6.45) is 0. The molecule has 102 valence electrons. The maximum atomic E-state index is 12.3. The molecule has 0 radical (unpaired) electrons. The van der Waals surface area contributed by atoms with Gasteiger partial charge in [0, 0.05) is 14.8 Å². The van der Waals surface area contributed by atoms with Gasteiger partial charge in [-0.05, 0) is 32.0 Å². The minimum absolute atomic E-state index is 0.0194. The molecule has 0 saturated heterocycles. The minimum atomic E-state index is -3.64. The lowest BCUT2D eigenvalue weighted by atomic mass is 10.0. The van der Waals surface area contributed by atoms with E-state index in [2.05, 4.69) is 36.6 Å². The summed E-state index contributed by atoms with van der Waals surface area (Å²) in [6.45, 7) is 5.49. The molecule has 0 aliphatic rings. The average molecular weight is 420 g/mol. The Morgan fingerprint density at radius 1 is 1.39 bits per heavy atom. The molecule has 7 heteroatoms. The first-order valence-electron chi connectivity index (χ1n) is 5.19. The summed E-state index contributed by atoms with van der Waals surface area (Å²) in [5.41, 5.74) is -0.616. The SMILES string of the molecule is CC(Br)C(C)(C)NS(=O)(=O)c1ccc(Br)cc1Cl. The lowest BCUT2D eigenvalue weighted by Crippen LogP contribution is -2.48. The third kappa shape index (κ3) is 3.93. The lowest BCUT2D eigenvalue weighted by Gasteiger charge is -2.29. The molecular weight excluding hydrogens is 405 g/mol. The highest BCUT2D eigenvalue weighted by molar-refractivity contribution is 9.10. The van der Waals surface area contributed by atoms with Gasteiger partial charge in [0.2, 0.25) is 10.0 Å². The maximum Gasteiger partial charge on any atom is 0.242 e. The van der Waals surface area contributed by atoms with Gasteiger partial charge in [-0.25, -0.2) is 13.1 Å². The normalized spacial score (nSPS) is 14.6. The molecule has 1 rings (SSSR count). The Kier molecular flexibility index (Phi) is 5.29. The molecule has 0 spiro atoms. The first-order chi connectivity index (χ1) is 8.06. The Morgan fingerprint density at radius 2 is 1.94 bits per heavy atom. The molecule has 1 unspecified atom stereocenters. The Morgan fingerprint density at radius 3 is 2.39 bits per heavy atom. The molecule has 0 amide bonds. The number of nitrogens with one attached hydrogen (secondary N) is 1. The van der Waals surface area contributed by atoms with E-state index in [1.807, 2.05) is 6.92 Å². The number of benzene rings is 1. The van der Waals surface area contributed by atoms with Gasteiger partial charge in [-0.3, -0.25) is 0 Å². The fourth-order valence-corrected chi connectivity index (χ4v) is 3.96. The van der Waals surface area contributed by atoms with Crippen LogP contribution in [0.15, 0.2) is 27.6 Å². The van der Waals surface area contributed by atoms with E-state index >= 15 is 0 Å². The summed E-state index contributed by atoms with van der Waals surface area (Å²) in [7, 11) is -3.64. The van der Waals surface area contributed by atoms with Crippen molar-refractivity contribution in [2.24, 2.45) is 0 Å². The van der Waals surface area contributed by atoms with Gasteiger partial charge in [0.05, 0.1) is 5.02 Å². The van der Waals surface area contributed by atoms with Gasteiger partial charge < -0.3 is 0 Å². The topological polar surface area (TPSA) is 46.2 Å². The quantitative estimate of drug-likeness (QED) is 0.752. The predicted octanol–water partition coefficient (Wildman–Crippen LogP) is 3.94. The molecule has 0 aromatic heterocycles. The van der Waals surface area contributed by atoms with Gasteiger partial charge in [-0.15, -0.1) is 0 Å². The lowest BCUT2D eigenvalue weighted by molar-refractivity contribution is 0.454. The van der Waals surface area contributed by atoms with Crippen molar-refractivity contribution in [1.82, 2.24) is 4.72 Å². The molecule has 3 nitrogen and oxygen atoms in total. The van der Waals surface area contributed by atoms with Gasteiger partial charge >= 0.3 is 0 Å². The fraction of sp³-hybridized carbons (Fsp3) is 0.455. The van der Waals surface area contributed by atoms with Crippen LogP contribution >= 0.6 is 43.5 Å². The van der Waals surface area contributed by atoms with Crippen LogP contribution in [0.3, 0.4) is 0 Å². The van der Waals surface area contributed by atoms with Gasteiger partial charge in [0.1, 0.15) is 4.90 Å². The Bertz CT molecular complexity index is 544. The molecule has 0 heterocycles. The van der Waals surface area contributed by atoms with Crippen LogP contribution in [0.25, 0.3) is 0 Å². The summed E-state index contributed by atoms with van der Waals surface area (Å²) < 4.78 is 27.9. The van der Waals surface area contributed by atoms with Crippen molar-refractivity contribution >= 4 is 53.5 Å². The third-order valence-corrected chi connectivity index (χ3v) is 6.37. The molecule has 1 aromatic carbocycles. The van der Waals surface area contributed by atoms with E-state index in [4.69, 9.17) is 11.6 Å². The van der Waals surface area contributed by atoms with Gasteiger partial charge in [-0.2, -0.15) is 0 Å².